The zero-order valence-corrected chi connectivity index (χ0v) is 15.4. The van der Waals surface area contributed by atoms with Crippen molar-refractivity contribution in [2.45, 2.75) is 44.6 Å². The molecule has 0 heterocycles. The van der Waals surface area contributed by atoms with Crippen LogP contribution in [0.5, 0.6) is 0 Å². The molecule has 0 saturated carbocycles. The molecule has 0 aliphatic heterocycles. The number of sulfonamides is 1. The van der Waals surface area contributed by atoms with E-state index >= 15 is 0 Å². The van der Waals surface area contributed by atoms with Crippen LogP contribution in [0.25, 0.3) is 0 Å². The monoisotopic (exact) mass is 351 g/mol. The van der Waals surface area contributed by atoms with Crippen LogP contribution in [0.2, 0.25) is 5.02 Å². The number of aryl methyl sites for hydroxylation is 1. The maximum Gasteiger partial charge on any atom is 0.240 e. The molecule has 124 valence electrons. The van der Waals surface area contributed by atoms with Crippen LogP contribution < -0.4 is 4.72 Å². The molecule has 0 aliphatic rings. The lowest BCUT2D eigenvalue weighted by molar-refractivity contribution is 0.575. The SMILES string of the molecule is Cc1cc(C(C)(C)C)cc(S(=O)(=O)NCc2ccccc2Cl)c1. The molecule has 0 aromatic heterocycles. The van der Waals surface area contributed by atoms with Crippen molar-refractivity contribution >= 4 is 21.6 Å². The summed E-state index contributed by atoms with van der Waals surface area (Å²) >= 11 is 6.07. The fraction of sp³-hybridized carbons (Fsp3) is 0.333. The second-order valence-corrected chi connectivity index (χ2v) is 8.87. The van der Waals surface area contributed by atoms with E-state index in [-0.39, 0.29) is 16.9 Å². The smallest absolute Gasteiger partial charge is 0.207 e. The van der Waals surface area contributed by atoms with Crippen LogP contribution in [0, 0.1) is 6.92 Å². The average Bonchev–Trinajstić information content (AvgIpc) is 2.45. The zero-order valence-electron chi connectivity index (χ0n) is 13.9. The summed E-state index contributed by atoms with van der Waals surface area (Å²) in [5, 5.41) is 0.551. The molecule has 0 unspecified atom stereocenters. The highest BCUT2D eigenvalue weighted by Gasteiger charge is 2.20. The highest BCUT2D eigenvalue weighted by molar-refractivity contribution is 7.89. The van der Waals surface area contributed by atoms with Gasteiger partial charge >= 0.3 is 0 Å². The van der Waals surface area contributed by atoms with Gasteiger partial charge in [0.25, 0.3) is 0 Å². The first kappa shape index (κ1) is 18.0. The van der Waals surface area contributed by atoms with E-state index in [2.05, 4.69) is 25.5 Å². The second-order valence-electron chi connectivity index (χ2n) is 6.70. The predicted molar refractivity (Wildman–Crippen MR) is 95.4 cm³/mol. The summed E-state index contributed by atoms with van der Waals surface area (Å²) in [5.41, 5.74) is 2.56. The van der Waals surface area contributed by atoms with E-state index in [1.54, 1.807) is 18.2 Å². The van der Waals surface area contributed by atoms with Crippen LogP contribution in [-0.2, 0) is 22.0 Å². The number of rotatable bonds is 4. The van der Waals surface area contributed by atoms with E-state index in [1.165, 1.54) is 0 Å². The highest BCUT2D eigenvalue weighted by atomic mass is 35.5. The van der Waals surface area contributed by atoms with Crippen molar-refractivity contribution in [1.82, 2.24) is 4.72 Å². The molecule has 1 N–H and O–H groups in total. The van der Waals surface area contributed by atoms with E-state index in [0.717, 1.165) is 16.7 Å². The van der Waals surface area contributed by atoms with Crippen molar-refractivity contribution in [3.63, 3.8) is 0 Å². The van der Waals surface area contributed by atoms with Gasteiger partial charge in [-0.05, 0) is 47.2 Å². The minimum Gasteiger partial charge on any atom is -0.207 e. The van der Waals surface area contributed by atoms with E-state index < -0.39 is 10.0 Å². The quantitative estimate of drug-likeness (QED) is 0.886. The fourth-order valence-electron chi connectivity index (χ4n) is 2.23. The Labute approximate surface area is 143 Å². The number of halogens is 1. The van der Waals surface area contributed by atoms with E-state index in [0.29, 0.717) is 5.02 Å². The minimum atomic E-state index is -3.59. The van der Waals surface area contributed by atoms with Crippen molar-refractivity contribution in [2.75, 3.05) is 0 Å². The third kappa shape index (κ3) is 4.56. The van der Waals surface area contributed by atoms with Crippen LogP contribution >= 0.6 is 11.6 Å². The highest BCUT2D eigenvalue weighted by Crippen LogP contribution is 2.26. The maximum absolute atomic E-state index is 12.6. The van der Waals surface area contributed by atoms with E-state index in [1.807, 2.05) is 31.2 Å². The normalized spacial score (nSPS) is 12.4. The van der Waals surface area contributed by atoms with Crippen molar-refractivity contribution in [3.05, 3.63) is 64.2 Å². The van der Waals surface area contributed by atoms with Gasteiger partial charge < -0.3 is 0 Å². The third-order valence-corrected chi connectivity index (χ3v) is 5.39. The van der Waals surface area contributed by atoms with Crippen LogP contribution in [0.1, 0.15) is 37.5 Å². The van der Waals surface area contributed by atoms with Crippen molar-refractivity contribution in [2.24, 2.45) is 0 Å². The van der Waals surface area contributed by atoms with Crippen LogP contribution in [0.3, 0.4) is 0 Å². The first-order valence-corrected chi connectivity index (χ1v) is 9.31. The van der Waals surface area contributed by atoms with Gasteiger partial charge in [0.2, 0.25) is 10.0 Å². The number of nitrogens with one attached hydrogen (secondary N) is 1. The minimum absolute atomic E-state index is 0.112. The van der Waals surface area contributed by atoms with Crippen molar-refractivity contribution < 1.29 is 8.42 Å². The standard InChI is InChI=1S/C18H22ClNO2S/c1-13-9-15(18(2,3)4)11-16(10-13)23(21,22)20-12-14-7-5-6-8-17(14)19/h5-11,20H,12H2,1-4H3. The van der Waals surface area contributed by atoms with Gasteiger partial charge in [-0.25, -0.2) is 13.1 Å². The largest absolute Gasteiger partial charge is 0.240 e. The summed E-state index contributed by atoms with van der Waals surface area (Å²) in [6.07, 6.45) is 0. The topological polar surface area (TPSA) is 46.2 Å². The van der Waals surface area contributed by atoms with Gasteiger partial charge in [0.05, 0.1) is 4.90 Å². The lowest BCUT2D eigenvalue weighted by atomic mass is 9.86. The molecule has 0 aliphatic carbocycles. The van der Waals surface area contributed by atoms with Gasteiger partial charge in [-0.2, -0.15) is 0 Å². The number of benzene rings is 2. The first-order chi connectivity index (χ1) is 10.6. The summed E-state index contributed by atoms with van der Waals surface area (Å²) in [6.45, 7) is 8.27. The summed E-state index contributed by atoms with van der Waals surface area (Å²) in [4.78, 5) is 0.287. The van der Waals surface area contributed by atoms with E-state index in [9.17, 15) is 8.42 Å². The van der Waals surface area contributed by atoms with E-state index in [4.69, 9.17) is 11.6 Å². The van der Waals surface area contributed by atoms with Gasteiger partial charge in [0.15, 0.2) is 0 Å². The molecule has 23 heavy (non-hydrogen) atoms. The molecule has 2 aromatic carbocycles. The Kier molecular flexibility index (Phi) is 5.19. The first-order valence-electron chi connectivity index (χ1n) is 7.45. The predicted octanol–water partition coefficient (Wildman–Crippen LogP) is 4.42. The Morgan fingerprint density at radius 3 is 2.35 bits per heavy atom. The van der Waals surface area contributed by atoms with Crippen LogP contribution in [0.4, 0.5) is 0 Å². The molecule has 0 amide bonds. The Morgan fingerprint density at radius 1 is 1.09 bits per heavy atom. The number of hydrogen-bond acceptors (Lipinski definition) is 2. The number of hydrogen-bond donors (Lipinski definition) is 1. The fourth-order valence-corrected chi connectivity index (χ4v) is 3.57. The summed E-state index contributed by atoms with van der Waals surface area (Å²) in [7, 11) is -3.59. The van der Waals surface area contributed by atoms with Crippen molar-refractivity contribution in [3.8, 4) is 0 Å². The maximum atomic E-state index is 12.6. The summed E-state index contributed by atoms with van der Waals surface area (Å²) < 4.78 is 27.8. The Balaban J connectivity index is 2.30. The lowest BCUT2D eigenvalue weighted by Gasteiger charge is -2.21. The lowest BCUT2D eigenvalue weighted by Crippen LogP contribution is -2.24. The van der Waals surface area contributed by atoms with Gasteiger partial charge in [-0.1, -0.05) is 56.6 Å². The molecular formula is C18H22ClNO2S. The molecule has 0 fully saturated rings. The molecule has 2 rings (SSSR count). The van der Waals surface area contributed by atoms with Gasteiger partial charge in [0, 0.05) is 11.6 Å². The molecule has 0 bridgehead atoms. The Hall–Kier alpha value is -1.36. The van der Waals surface area contributed by atoms with Gasteiger partial charge in [0.1, 0.15) is 0 Å². The molecule has 5 heteroatoms. The zero-order chi connectivity index (χ0) is 17.3. The molecule has 0 spiro atoms. The Morgan fingerprint density at radius 2 is 1.74 bits per heavy atom. The summed E-state index contributed by atoms with van der Waals surface area (Å²) in [6, 6.07) is 12.6. The third-order valence-electron chi connectivity index (χ3n) is 3.64. The second kappa shape index (κ2) is 6.63. The van der Waals surface area contributed by atoms with Crippen molar-refractivity contribution in [1.29, 1.82) is 0 Å². The van der Waals surface area contributed by atoms with Crippen LogP contribution in [-0.4, -0.2) is 8.42 Å². The van der Waals surface area contributed by atoms with Gasteiger partial charge in [-0.15, -0.1) is 0 Å². The molecule has 0 atom stereocenters. The van der Waals surface area contributed by atoms with Gasteiger partial charge in [-0.3, -0.25) is 0 Å². The molecule has 0 radical (unpaired) electrons. The molecular weight excluding hydrogens is 330 g/mol. The Bertz CT molecular complexity index is 808. The average molecular weight is 352 g/mol. The summed E-state index contributed by atoms with van der Waals surface area (Å²) in [5.74, 6) is 0. The molecule has 0 saturated heterocycles. The molecule has 3 nitrogen and oxygen atoms in total. The molecule has 2 aromatic rings. The van der Waals surface area contributed by atoms with Crippen LogP contribution in [0.15, 0.2) is 47.4 Å².